The van der Waals surface area contributed by atoms with Gasteiger partial charge in [0.25, 0.3) is 11.1 Å². The van der Waals surface area contributed by atoms with Gasteiger partial charge in [-0.25, -0.2) is 0 Å². The van der Waals surface area contributed by atoms with Crippen LogP contribution in [0, 0.1) is 0 Å². The first-order valence-electron chi connectivity index (χ1n) is 7.51. The molecule has 126 valence electrons. The summed E-state index contributed by atoms with van der Waals surface area (Å²) < 4.78 is 0. The largest absolute Gasteiger partial charge is 0.508 e. The van der Waals surface area contributed by atoms with E-state index in [1.54, 1.807) is 4.90 Å². The maximum atomic E-state index is 12.4. The minimum Gasteiger partial charge on any atom is -0.508 e. The minimum atomic E-state index is -0.551. The SMILES string of the molecule is O=C(CN1C(=O)S/C(=C\c2ccc(O)cc2O)C1=O)N1CCCC1. The molecule has 2 N–H and O–H groups in total. The number of amides is 3. The van der Waals surface area contributed by atoms with Crippen molar-refractivity contribution < 1.29 is 24.6 Å². The van der Waals surface area contributed by atoms with Crippen LogP contribution >= 0.6 is 11.8 Å². The first kappa shape index (κ1) is 16.4. The Kier molecular flexibility index (Phi) is 4.48. The van der Waals surface area contributed by atoms with Crippen LogP contribution in [0.15, 0.2) is 23.1 Å². The third-order valence-corrected chi connectivity index (χ3v) is 4.83. The van der Waals surface area contributed by atoms with E-state index in [0.29, 0.717) is 18.7 Å². The van der Waals surface area contributed by atoms with E-state index < -0.39 is 11.1 Å². The molecule has 8 heteroatoms. The third kappa shape index (κ3) is 3.23. The van der Waals surface area contributed by atoms with Crippen molar-refractivity contribution in [1.29, 1.82) is 0 Å². The number of nitrogens with zero attached hydrogens (tertiary/aromatic N) is 2. The van der Waals surface area contributed by atoms with Crippen LogP contribution in [0.4, 0.5) is 4.79 Å². The first-order valence-corrected chi connectivity index (χ1v) is 8.32. The van der Waals surface area contributed by atoms with Crippen molar-refractivity contribution in [2.24, 2.45) is 0 Å². The molecule has 0 spiro atoms. The highest BCUT2D eigenvalue weighted by molar-refractivity contribution is 8.18. The van der Waals surface area contributed by atoms with Crippen LogP contribution in [0.5, 0.6) is 11.5 Å². The van der Waals surface area contributed by atoms with Gasteiger partial charge in [-0.3, -0.25) is 19.3 Å². The number of benzene rings is 1. The number of carbonyl (C=O) groups is 3. The number of carbonyl (C=O) groups excluding carboxylic acids is 3. The van der Waals surface area contributed by atoms with Crippen LogP contribution in [-0.4, -0.2) is 56.7 Å². The topological polar surface area (TPSA) is 98.1 Å². The fourth-order valence-electron chi connectivity index (χ4n) is 2.63. The molecule has 1 aromatic rings. The monoisotopic (exact) mass is 348 g/mol. The number of imide groups is 1. The molecule has 2 heterocycles. The Morgan fingerprint density at radius 3 is 2.58 bits per heavy atom. The van der Waals surface area contributed by atoms with Gasteiger partial charge in [-0.15, -0.1) is 0 Å². The molecule has 2 saturated heterocycles. The Labute approximate surface area is 142 Å². The van der Waals surface area contributed by atoms with Gasteiger partial charge in [0.2, 0.25) is 5.91 Å². The number of hydrogen-bond donors (Lipinski definition) is 2. The fraction of sp³-hybridized carbons (Fsp3) is 0.312. The van der Waals surface area contributed by atoms with Crippen LogP contribution in [0.3, 0.4) is 0 Å². The molecule has 1 aromatic carbocycles. The van der Waals surface area contributed by atoms with E-state index in [2.05, 4.69) is 0 Å². The summed E-state index contributed by atoms with van der Waals surface area (Å²) >= 11 is 0.728. The summed E-state index contributed by atoms with van der Waals surface area (Å²) in [6.07, 6.45) is 3.25. The number of phenolic OH excluding ortho intramolecular Hbond substituents is 2. The second kappa shape index (κ2) is 6.56. The Morgan fingerprint density at radius 2 is 1.92 bits per heavy atom. The average Bonchev–Trinajstić information content (AvgIpc) is 3.15. The molecular formula is C16H16N2O5S. The van der Waals surface area contributed by atoms with Gasteiger partial charge in [0.05, 0.1) is 4.91 Å². The molecule has 0 unspecified atom stereocenters. The molecule has 2 aliphatic heterocycles. The van der Waals surface area contributed by atoms with Crippen molar-refractivity contribution in [3.05, 3.63) is 28.7 Å². The lowest BCUT2D eigenvalue weighted by Gasteiger charge is -2.18. The van der Waals surface area contributed by atoms with Crippen molar-refractivity contribution in [1.82, 2.24) is 9.80 Å². The van der Waals surface area contributed by atoms with E-state index in [1.165, 1.54) is 18.2 Å². The van der Waals surface area contributed by atoms with Crippen LogP contribution in [0.2, 0.25) is 0 Å². The van der Waals surface area contributed by atoms with E-state index in [4.69, 9.17) is 0 Å². The van der Waals surface area contributed by atoms with Gasteiger partial charge in [0.1, 0.15) is 18.0 Å². The van der Waals surface area contributed by atoms with E-state index in [9.17, 15) is 24.6 Å². The van der Waals surface area contributed by atoms with E-state index in [0.717, 1.165) is 35.6 Å². The number of rotatable bonds is 3. The van der Waals surface area contributed by atoms with Crippen LogP contribution in [0.1, 0.15) is 18.4 Å². The lowest BCUT2D eigenvalue weighted by Crippen LogP contribution is -2.40. The molecule has 0 radical (unpaired) electrons. The molecule has 2 aliphatic rings. The predicted octanol–water partition coefficient (Wildman–Crippen LogP) is 1.76. The van der Waals surface area contributed by atoms with Gasteiger partial charge >= 0.3 is 0 Å². The zero-order valence-corrected chi connectivity index (χ0v) is 13.6. The zero-order chi connectivity index (χ0) is 17.3. The standard InChI is InChI=1S/C16H16N2O5S/c19-11-4-3-10(12(20)8-11)7-13-15(22)18(16(23)24-13)9-14(21)17-5-1-2-6-17/h3-4,7-8,19-20H,1-2,5-6,9H2/b13-7-. The van der Waals surface area contributed by atoms with Crippen molar-refractivity contribution in [3.8, 4) is 11.5 Å². The average molecular weight is 348 g/mol. The smallest absolute Gasteiger partial charge is 0.294 e. The summed E-state index contributed by atoms with van der Waals surface area (Å²) in [6.45, 7) is 1.06. The minimum absolute atomic E-state index is 0.103. The van der Waals surface area contributed by atoms with Crippen LogP contribution in [0.25, 0.3) is 6.08 Å². The van der Waals surface area contributed by atoms with E-state index >= 15 is 0 Å². The molecule has 3 amide bonds. The molecule has 7 nitrogen and oxygen atoms in total. The summed E-state index contributed by atoms with van der Waals surface area (Å²) in [5.74, 6) is -1.09. The van der Waals surface area contributed by atoms with Gasteiger partial charge in [-0.1, -0.05) is 0 Å². The lowest BCUT2D eigenvalue weighted by atomic mass is 10.1. The molecule has 3 rings (SSSR count). The molecule has 0 aliphatic carbocycles. The van der Waals surface area contributed by atoms with Crippen molar-refractivity contribution in [3.63, 3.8) is 0 Å². The molecule has 0 aromatic heterocycles. The normalized spacial score (nSPS) is 19.6. The van der Waals surface area contributed by atoms with Crippen molar-refractivity contribution in [2.75, 3.05) is 19.6 Å². The number of likely N-dealkylation sites (tertiary alicyclic amines) is 1. The Bertz CT molecular complexity index is 740. The zero-order valence-electron chi connectivity index (χ0n) is 12.8. The maximum Gasteiger partial charge on any atom is 0.294 e. The van der Waals surface area contributed by atoms with Gasteiger partial charge in [0, 0.05) is 24.7 Å². The summed E-state index contributed by atoms with van der Waals surface area (Å²) in [5.41, 5.74) is 0.309. The molecule has 0 saturated carbocycles. The third-order valence-electron chi connectivity index (χ3n) is 3.93. The number of phenols is 2. The summed E-state index contributed by atoms with van der Waals surface area (Å²) in [4.78, 5) is 39.2. The van der Waals surface area contributed by atoms with Crippen molar-refractivity contribution >= 4 is 34.9 Å². The highest BCUT2D eigenvalue weighted by Crippen LogP contribution is 2.34. The van der Waals surface area contributed by atoms with E-state index in [1.807, 2.05) is 0 Å². The molecular weight excluding hydrogens is 332 g/mol. The van der Waals surface area contributed by atoms with Gasteiger partial charge < -0.3 is 15.1 Å². The van der Waals surface area contributed by atoms with Crippen LogP contribution in [-0.2, 0) is 9.59 Å². The molecule has 0 atom stereocenters. The highest BCUT2D eigenvalue weighted by Gasteiger charge is 2.37. The maximum absolute atomic E-state index is 12.4. The second-order valence-corrected chi connectivity index (χ2v) is 6.59. The number of hydrogen-bond acceptors (Lipinski definition) is 6. The fourth-order valence-corrected chi connectivity index (χ4v) is 3.46. The molecule has 24 heavy (non-hydrogen) atoms. The quantitative estimate of drug-likeness (QED) is 0.808. The first-order chi connectivity index (χ1) is 11.5. The Morgan fingerprint density at radius 1 is 1.21 bits per heavy atom. The molecule has 0 bridgehead atoms. The van der Waals surface area contributed by atoms with Crippen LogP contribution < -0.4 is 0 Å². The Balaban J connectivity index is 1.75. The number of thioether (sulfide) groups is 1. The van der Waals surface area contributed by atoms with Crippen molar-refractivity contribution in [2.45, 2.75) is 12.8 Å². The number of aromatic hydroxyl groups is 2. The summed E-state index contributed by atoms with van der Waals surface area (Å²) in [5, 5.41) is 18.6. The highest BCUT2D eigenvalue weighted by atomic mass is 32.2. The molecule has 2 fully saturated rings. The van der Waals surface area contributed by atoms with E-state index in [-0.39, 0.29) is 28.9 Å². The second-order valence-electron chi connectivity index (χ2n) is 5.60. The summed E-state index contributed by atoms with van der Waals surface area (Å²) in [6, 6.07) is 3.95. The predicted molar refractivity (Wildman–Crippen MR) is 88.3 cm³/mol. The lowest BCUT2D eigenvalue weighted by molar-refractivity contribution is -0.135. The van der Waals surface area contributed by atoms with Gasteiger partial charge in [-0.2, -0.15) is 0 Å². The summed E-state index contributed by atoms with van der Waals surface area (Å²) in [7, 11) is 0. The van der Waals surface area contributed by atoms with Gasteiger partial charge in [0.15, 0.2) is 0 Å². The van der Waals surface area contributed by atoms with Gasteiger partial charge in [-0.05, 0) is 42.8 Å². The Hall–Kier alpha value is -2.48.